The normalized spacial score (nSPS) is 11.1. The van der Waals surface area contributed by atoms with Gasteiger partial charge in [0.05, 0.1) is 17.3 Å². The van der Waals surface area contributed by atoms with Gasteiger partial charge in [-0.25, -0.2) is 4.98 Å². The SMILES string of the molecule is Cc1nc(C)n(-c2ccc3ccccc3c2)c1CCl. The van der Waals surface area contributed by atoms with E-state index in [1.807, 2.05) is 13.8 Å². The number of alkyl halides is 1. The molecule has 3 heteroatoms. The summed E-state index contributed by atoms with van der Waals surface area (Å²) in [6, 6.07) is 14.8. The van der Waals surface area contributed by atoms with Crippen LogP contribution in [0.25, 0.3) is 16.5 Å². The average Bonchev–Trinajstić information content (AvgIpc) is 2.72. The molecular formula is C16H15ClN2. The maximum Gasteiger partial charge on any atom is 0.110 e. The van der Waals surface area contributed by atoms with Crippen LogP contribution in [0.1, 0.15) is 17.2 Å². The van der Waals surface area contributed by atoms with Crippen molar-refractivity contribution in [3.8, 4) is 5.69 Å². The predicted molar refractivity (Wildman–Crippen MR) is 80.1 cm³/mol. The molecule has 0 saturated carbocycles. The van der Waals surface area contributed by atoms with Gasteiger partial charge in [0.15, 0.2) is 0 Å². The number of halogens is 1. The number of benzene rings is 2. The van der Waals surface area contributed by atoms with Crippen molar-refractivity contribution in [1.82, 2.24) is 9.55 Å². The van der Waals surface area contributed by atoms with E-state index >= 15 is 0 Å². The highest BCUT2D eigenvalue weighted by atomic mass is 35.5. The standard InChI is InChI=1S/C16H15ClN2/c1-11-16(10-17)19(12(2)18-11)15-8-7-13-5-3-4-6-14(13)9-15/h3-9H,10H2,1-2H3. The maximum atomic E-state index is 6.06. The first-order chi connectivity index (χ1) is 9.20. The van der Waals surface area contributed by atoms with E-state index in [-0.39, 0.29) is 0 Å². The molecule has 2 aromatic carbocycles. The Bertz CT molecular complexity index is 744. The van der Waals surface area contributed by atoms with Crippen molar-refractivity contribution in [1.29, 1.82) is 0 Å². The van der Waals surface area contributed by atoms with E-state index in [0.29, 0.717) is 5.88 Å². The minimum absolute atomic E-state index is 0.472. The Morgan fingerprint density at radius 2 is 1.79 bits per heavy atom. The molecule has 19 heavy (non-hydrogen) atoms. The molecule has 0 aliphatic rings. The van der Waals surface area contributed by atoms with Crippen LogP contribution < -0.4 is 0 Å². The minimum Gasteiger partial charge on any atom is -0.299 e. The highest BCUT2D eigenvalue weighted by Crippen LogP contribution is 2.23. The number of aromatic nitrogens is 2. The van der Waals surface area contributed by atoms with Crippen LogP contribution in [0.2, 0.25) is 0 Å². The van der Waals surface area contributed by atoms with E-state index in [9.17, 15) is 0 Å². The van der Waals surface area contributed by atoms with Crippen LogP contribution in [0.5, 0.6) is 0 Å². The van der Waals surface area contributed by atoms with E-state index in [2.05, 4.69) is 52.0 Å². The van der Waals surface area contributed by atoms with Crippen molar-refractivity contribution in [3.63, 3.8) is 0 Å². The van der Waals surface area contributed by atoms with Crippen LogP contribution in [0.15, 0.2) is 42.5 Å². The third-order valence-corrected chi connectivity index (χ3v) is 3.71. The van der Waals surface area contributed by atoms with Gasteiger partial charge in [-0.15, -0.1) is 11.6 Å². The molecule has 2 nitrogen and oxygen atoms in total. The Labute approximate surface area is 117 Å². The molecule has 3 aromatic rings. The smallest absolute Gasteiger partial charge is 0.110 e. The Balaban J connectivity index is 2.24. The molecule has 0 amide bonds. The quantitative estimate of drug-likeness (QED) is 0.632. The Morgan fingerprint density at radius 1 is 1.05 bits per heavy atom. The molecule has 0 atom stereocenters. The summed E-state index contributed by atoms with van der Waals surface area (Å²) < 4.78 is 2.13. The summed E-state index contributed by atoms with van der Waals surface area (Å²) >= 11 is 6.06. The van der Waals surface area contributed by atoms with Gasteiger partial charge in [-0.1, -0.05) is 30.3 Å². The number of aryl methyl sites for hydroxylation is 2. The Kier molecular flexibility index (Phi) is 3.03. The summed E-state index contributed by atoms with van der Waals surface area (Å²) in [5.41, 5.74) is 3.18. The zero-order chi connectivity index (χ0) is 13.4. The van der Waals surface area contributed by atoms with E-state index in [0.717, 1.165) is 22.9 Å². The summed E-state index contributed by atoms with van der Waals surface area (Å²) in [6.07, 6.45) is 0. The summed E-state index contributed by atoms with van der Waals surface area (Å²) in [5, 5.41) is 2.47. The van der Waals surface area contributed by atoms with Gasteiger partial charge in [-0.05, 0) is 36.8 Å². The second kappa shape index (κ2) is 4.71. The molecule has 0 aliphatic carbocycles. The molecule has 1 heterocycles. The maximum absolute atomic E-state index is 6.06. The lowest BCUT2D eigenvalue weighted by molar-refractivity contribution is 0.934. The van der Waals surface area contributed by atoms with Gasteiger partial charge < -0.3 is 0 Å². The van der Waals surface area contributed by atoms with Crippen LogP contribution in [0.4, 0.5) is 0 Å². The number of imidazole rings is 1. The lowest BCUT2D eigenvalue weighted by Crippen LogP contribution is -2.01. The molecule has 1 aromatic heterocycles. The van der Waals surface area contributed by atoms with E-state index in [4.69, 9.17) is 11.6 Å². The zero-order valence-corrected chi connectivity index (χ0v) is 11.8. The van der Waals surface area contributed by atoms with Crippen LogP contribution >= 0.6 is 11.6 Å². The number of rotatable bonds is 2. The van der Waals surface area contributed by atoms with Crippen LogP contribution in [0.3, 0.4) is 0 Å². The number of fused-ring (bicyclic) bond motifs is 1. The van der Waals surface area contributed by atoms with Crippen molar-refractivity contribution in [3.05, 3.63) is 59.7 Å². The molecule has 0 aliphatic heterocycles. The fourth-order valence-corrected chi connectivity index (χ4v) is 2.84. The first kappa shape index (κ1) is 12.2. The Hall–Kier alpha value is -1.80. The predicted octanol–water partition coefficient (Wildman–Crippen LogP) is 4.38. The summed E-state index contributed by atoms with van der Waals surface area (Å²) in [4.78, 5) is 4.52. The fraction of sp³-hybridized carbons (Fsp3) is 0.188. The lowest BCUT2D eigenvalue weighted by Gasteiger charge is -2.10. The van der Waals surface area contributed by atoms with Crippen LogP contribution in [-0.2, 0) is 5.88 Å². The summed E-state index contributed by atoms with van der Waals surface area (Å²) in [6.45, 7) is 4.01. The molecule has 0 spiro atoms. The monoisotopic (exact) mass is 270 g/mol. The van der Waals surface area contributed by atoms with Crippen molar-refractivity contribution in [2.45, 2.75) is 19.7 Å². The van der Waals surface area contributed by atoms with Crippen LogP contribution in [0, 0.1) is 13.8 Å². The number of hydrogen-bond donors (Lipinski definition) is 0. The van der Waals surface area contributed by atoms with E-state index in [1.54, 1.807) is 0 Å². The number of hydrogen-bond acceptors (Lipinski definition) is 1. The molecule has 0 fully saturated rings. The highest BCUT2D eigenvalue weighted by molar-refractivity contribution is 6.17. The largest absolute Gasteiger partial charge is 0.299 e. The van der Waals surface area contributed by atoms with Crippen molar-refractivity contribution >= 4 is 22.4 Å². The van der Waals surface area contributed by atoms with Crippen molar-refractivity contribution in [2.24, 2.45) is 0 Å². The first-order valence-corrected chi connectivity index (χ1v) is 6.84. The van der Waals surface area contributed by atoms with Gasteiger partial charge in [0.2, 0.25) is 0 Å². The average molecular weight is 271 g/mol. The molecule has 0 saturated heterocycles. The Morgan fingerprint density at radius 3 is 2.53 bits per heavy atom. The highest BCUT2D eigenvalue weighted by Gasteiger charge is 2.12. The van der Waals surface area contributed by atoms with Crippen LogP contribution in [-0.4, -0.2) is 9.55 Å². The fourth-order valence-electron chi connectivity index (χ4n) is 2.53. The van der Waals surface area contributed by atoms with Gasteiger partial charge in [0.25, 0.3) is 0 Å². The molecule has 0 unspecified atom stereocenters. The number of nitrogens with zero attached hydrogens (tertiary/aromatic N) is 2. The molecule has 0 radical (unpaired) electrons. The van der Waals surface area contributed by atoms with E-state index in [1.165, 1.54) is 10.8 Å². The van der Waals surface area contributed by atoms with Gasteiger partial charge >= 0.3 is 0 Å². The second-order valence-corrected chi connectivity index (χ2v) is 4.96. The van der Waals surface area contributed by atoms with Gasteiger partial charge in [-0.3, -0.25) is 4.57 Å². The molecule has 0 bridgehead atoms. The zero-order valence-electron chi connectivity index (χ0n) is 11.0. The van der Waals surface area contributed by atoms with Gasteiger partial charge in [0.1, 0.15) is 5.82 Å². The molecule has 0 N–H and O–H groups in total. The third kappa shape index (κ3) is 2.02. The molecular weight excluding hydrogens is 256 g/mol. The minimum atomic E-state index is 0.472. The summed E-state index contributed by atoms with van der Waals surface area (Å²) in [7, 11) is 0. The lowest BCUT2D eigenvalue weighted by atomic mass is 10.1. The van der Waals surface area contributed by atoms with E-state index < -0.39 is 0 Å². The van der Waals surface area contributed by atoms with Crippen molar-refractivity contribution < 1.29 is 0 Å². The third-order valence-electron chi connectivity index (χ3n) is 3.46. The topological polar surface area (TPSA) is 17.8 Å². The second-order valence-electron chi connectivity index (χ2n) is 4.69. The first-order valence-electron chi connectivity index (χ1n) is 6.30. The summed E-state index contributed by atoms with van der Waals surface area (Å²) in [5.74, 6) is 1.45. The molecule has 96 valence electrons. The van der Waals surface area contributed by atoms with Gasteiger partial charge in [0, 0.05) is 5.69 Å². The molecule has 3 rings (SSSR count). The van der Waals surface area contributed by atoms with Crippen molar-refractivity contribution in [2.75, 3.05) is 0 Å². The van der Waals surface area contributed by atoms with Gasteiger partial charge in [-0.2, -0.15) is 0 Å².